The molecule has 0 spiro atoms. The second-order valence-corrected chi connectivity index (χ2v) is 8.40. The van der Waals surface area contributed by atoms with Gasteiger partial charge in [0.2, 0.25) is 0 Å². The first-order valence-electron chi connectivity index (χ1n) is 10.1. The van der Waals surface area contributed by atoms with E-state index in [-0.39, 0.29) is 16.4 Å². The molecule has 1 aliphatic heterocycles. The molecule has 2 aromatic carbocycles. The second kappa shape index (κ2) is 9.60. The molecule has 2 atom stereocenters. The number of aliphatic carboxylic acids is 1. The Morgan fingerprint density at radius 2 is 1.97 bits per heavy atom. The lowest BCUT2D eigenvalue weighted by molar-refractivity contribution is -0.892. The molecular formula is C23H28ClN2O4+. The summed E-state index contributed by atoms with van der Waals surface area (Å²) in [6.07, 6.45) is 0.344. The first-order chi connectivity index (χ1) is 14.3. The summed E-state index contributed by atoms with van der Waals surface area (Å²) in [7, 11) is 0. The SMILES string of the molecule is Cc1ccc(CC(=O)[N+]2(Cc3cc(Cl)ccc3OCC(=O)O)CCNC[C@@H]2C)cc1. The number of hydrogen-bond acceptors (Lipinski definition) is 4. The lowest BCUT2D eigenvalue weighted by Gasteiger charge is -2.44. The van der Waals surface area contributed by atoms with E-state index >= 15 is 0 Å². The fourth-order valence-electron chi connectivity index (χ4n) is 3.97. The number of nitrogens with zero attached hydrogens (tertiary/aromatic N) is 1. The minimum atomic E-state index is -1.05. The average Bonchev–Trinajstić information content (AvgIpc) is 2.70. The molecular weight excluding hydrogens is 404 g/mol. The first kappa shape index (κ1) is 22.3. The number of hydrogen-bond donors (Lipinski definition) is 2. The van der Waals surface area contributed by atoms with Crippen molar-refractivity contribution in [2.75, 3.05) is 26.2 Å². The fraction of sp³-hybridized carbons (Fsp3) is 0.391. The quantitative estimate of drug-likeness (QED) is 0.658. The van der Waals surface area contributed by atoms with E-state index in [2.05, 4.69) is 12.2 Å². The molecule has 2 N–H and O–H groups in total. The van der Waals surface area contributed by atoms with Crippen molar-refractivity contribution >= 4 is 23.5 Å². The highest BCUT2D eigenvalue weighted by Gasteiger charge is 2.44. The summed E-state index contributed by atoms with van der Waals surface area (Å²) >= 11 is 6.23. The molecule has 1 amide bonds. The number of aryl methyl sites for hydroxylation is 1. The molecule has 7 heteroatoms. The maximum absolute atomic E-state index is 13.6. The van der Waals surface area contributed by atoms with Crippen molar-refractivity contribution in [1.82, 2.24) is 5.32 Å². The zero-order valence-corrected chi connectivity index (χ0v) is 18.1. The van der Waals surface area contributed by atoms with Gasteiger partial charge in [-0.25, -0.2) is 9.59 Å². The van der Waals surface area contributed by atoms with Crippen LogP contribution in [0.2, 0.25) is 5.02 Å². The van der Waals surface area contributed by atoms with Crippen LogP contribution in [-0.2, 0) is 22.6 Å². The molecule has 0 radical (unpaired) electrons. The molecule has 0 aliphatic carbocycles. The zero-order valence-electron chi connectivity index (χ0n) is 17.4. The predicted molar refractivity (Wildman–Crippen MR) is 116 cm³/mol. The number of nitrogens with one attached hydrogen (secondary N) is 1. The lowest BCUT2D eigenvalue weighted by atomic mass is 10.0. The monoisotopic (exact) mass is 431 g/mol. The van der Waals surface area contributed by atoms with Crippen molar-refractivity contribution in [2.45, 2.75) is 32.9 Å². The zero-order chi connectivity index (χ0) is 21.7. The highest BCUT2D eigenvalue weighted by atomic mass is 35.5. The van der Waals surface area contributed by atoms with Crippen molar-refractivity contribution in [3.63, 3.8) is 0 Å². The number of carboxylic acids is 1. The molecule has 6 nitrogen and oxygen atoms in total. The van der Waals surface area contributed by atoms with Crippen LogP contribution in [0.3, 0.4) is 0 Å². The maximum Gasteiger partial charge on any atom is 0.341 e. The van der Waals surface area contributed by atoms with Gasteiger partial charge < -0.3 is 15.2 Å². The van der Waals surface area contributed by atoms with Gasteiger partial charge in [0.1, 0.15) is 18.3 Å². The van der Waals surface area contributed by atoms with Crippen LogP contribution >= 0.6 is 11.6 Å². The number of carboxylic acid groups (broad SMARTS) is 1. The van der Waals surface area contributed by atoms with Crippen LogP contribution < -0.4 is 10.1 Å². The topological polar surface area (TPSA) is 75.6 Å². The van der Waals surface area contributed by atoms with E-state index in [1.165, 1.54) is 0 Å². The molecule has 160 valence electrons. The molecule has 1 heterocycles. The standard InChI is InChI=1S/C23H27ClN2O4/c1-16-3-5-18(6-4-16)11-22(27)26(10-9-25-13-17(26)2)14-19-12-20(24)7-8-21(19)30-15-23(28)29/h3-8,12,17,25H,9-11,13-15H2,1-2H3/p+1/t17-,26?/m0/s1. The smallest absolute Gasteiger partial charge is 0.341 e. The van der Waals surface area contributed by atoms with Gasteiger partial charge in [-0.05, 0) is 37.6 Å². The molecule has 3 rings (SSSR count). The number of piperazine rings is 1. The number of rotatable bonds is 7. The number of amides is 1. The van der Waals surface area contributed by atoms with E-state index < -0.39 is 12.6 Å². The Hall–Kier alpha value is -2.41. The van der Waals surface area contributed by atoms with Gasteiger partial charge in [-0.15, -0.1) is 0 Å². The second-order valence-electron chi connectivity index (χ2n) is 7.96. The minimum absolute atomic E-state index is 0.0583. The number of ether oxygens (including phenoxy) is 1. The third kappa shape index (κ3) is 5.19. The Bertz CT molecular complexity index is 916. The van der Waals surface area contributed by atoms with Gasteiger partial charge in [0, 0.05) is 18.1 Å². The largest absolute Gasteiger partial charge is 0.481 e. The van der Waals surface area contributed by atoms with Gasteiger partial charge in [-0.1, -0.05) is 41.4 Å². The number of carbonyl (C=O) groups is 2. The number of benzene rings is 2. The summed E-state index contributed by atoms with van der Waals surface area (Å²) in [4.78, 5) is 24.6. The van der Waals surface area contributed by atoms with Gasteiger partial charge in [0.05, 0.1) is 18.5 Å². The van der Waals surface area contributed by atoms with Crippen LogP contribution in [0, 0.1) is 6.92 Å². The van der Waals surface area contributed by atoms with E-state index in [0.717, 1.165) is 29.8 Å². The summed E-state index contributed by atoms with van der Waals surface area (Å²) in [6.45, 7) is 6.17. The Balaban J connectivity index is 1.92. The minimum Gasteiger partial charge on any atom is -0.481 e. The van der Waals surface area contributed by atoms with Crippen molar-refractivity contribution in [1.29, 1.82) is 0 Å². The van der Waals surface area contributed by atoms with Crippen LogP contribution in [0.4, 0.5) is 0 Å². The van der Waals surface area contributed by atoms with Crippen LogP contribution in [0.25, 0.3) is 0 Å². The Morgan fingerprint density at radius 1 is 1.23 bits per heavy atom. The number of halogens is 1. The van der Waals surface area contributed by atoms with E-state index in [1.807, 2.05) is 31.2 Å². The molecule has 1 aliphatic rings. The van der Waals surface area contributed by atoms with Gasteiger partial charge in [0.25, 0.3) is 0 Å². The van der Waals surface area contributed by atoms with Crippen LogP contribution in [0.1, 0.15) is 23.6 Å². The van der Waals surface area contributed by atoms with Gasteiger partial charge in [0.15, 0.2) is 6.61 Å². The molecule has 30 heavy (non-hydrogen) atoms. The van der Waals surface area contributed by atoms with Crippen molar-refractivity contribution in [3.8, 4) is 5.75 Å². The van der Waals surface area contributed by atoms with Crippen molar-refractivity contribution < 1.29 is 23.9 Å². The number of carbonyl (C=O) groups excluding carboxylic acids is 1. The highest BCUT2D eigenvalue weighted by Crippen LogP contribution is 2.30. The van der Waals surface area contributed by atoms with E-state index in [0.29, 0.717) is 30.3 Å². The van der Waals surface area contributed by atoms with E-state index in [4.69, 9.17) is 21.4 Å². The predicted octanol–water partition coefficient (Wildman–Crippen LogP) is 3.19. The normalized spacial score (nSPS) is 21.2. The Kier molecular flexibility index (Phi) is 7.13. The highest BCUT2D eigenvalue weighted by molar-refractivity contribution is 6.30. The van der Waals surface area contributed by atoms with Crippen LogP contribution in [0.15, 0.2) is 42.5 Å². The van der Waals surface area contributed by atoms with Gasteiger partial charge in [-0.2, -0.15) is 0 Å². The summed E-state index contributed by atoms with van der Waals surface area (Å²) < 4.78 is 5.76. The molecule has 1 fully saturated rings. The third-order valence-corrected chi connectivity index (χ3v) is 6.01. The molecule has 2 aromatic rings. The molecule has 1 unspecified atom stereocenters. The maximum atomic E-state index is 13.6. The summed E-state index contributed by atoms with van der Waals surface area (Å²) in [5.41, 5.74) is 2.89. The number of quaternary nitrogens is 1. The molecule has 0 aromatic heterocycles. The fourth-order valence-corrected chi connectivity index (χ4v) is 4.17. The van der Waals surface area contributed by atoms with E-state index in [9.17, 15) is 9.59 Å². The first-order valence-corrected chi connectivity index (χ1v) is 10.5. The summed E-state index contributed by atoms with van der Waals surface area (Å²) in [6, 6.07) is 13.2. The van der Waals surface area contributed by atoms with Gasteiger partial charge >= 0.3 is 11.9 Å². The van der Waals surface area contributed by atoms with Gasteiger partial charge in [-0.3, -0.25) is 4.48 Å². The Labute approximate surface area is 182 Å². The van der Waals surface area contributed by atoms with Crippen LogP contribution in [-0.4, -0.2) is 53.7 Å². The molecule has 0 bridgehead atoms. The van der Waals surface area contributed by atoms with E-state index in [1.54, 1.807) is 18.2 Å². The third-order valence-electron chi connectivity index (χ3n) is 5.77. The lowest BCUT2D eigenvalue weighted by Crippen LogP contribution is -2.66. The molecule has 0 saturated carbocycles. The van der Waals surface area contributed by atoms with Crippen LogP contribution in [0.5, 0.6) is 5.75 Å². The summed E-state index contributed by atoms with van der Waals surface area (Å²) in [5.74, 6) is -0.462. The molecule has 1 saturated heterocycles. The average molecular weight is 432 g/mol. The summed E-state index contributed by atoms with van der Waals surface area (Å²) in [5, 5.41) is 12.9. The van der Waals surface area contributed by atoms with Crippen molar-refractivity contribution in [2.24, 2.45) is 0 Å². The van der Waals surface area contributed by atoms with Crippen molar-refractivity contribution in [3.05, 3.63) is 64.2 Å². The Morgan fingerprint density at radius 3 is 2.63 bits per heavy atom.